The summed E-state index contributed by atoms with van der Waals surface area (Å²) in [5.41, 5.74) is 0.122. The third-order valence-electron chi connectivity index (χ3n) is 2.04. The highest BCUT2D eigenvalue weighted by Crippen LogP contribution is 2.27. The number of aryl methyl sites for hydroxylation is 1. The monoisotopic (exact) mass is 257 g/mol. The lowest BCUT2D eigenvalue weighted by atomic mass is 10.1. The summed E-state index contributed by atoms with van der Waals surface area (Å²) in [5.74, 6) is -0.742. The molecule has 0 saturated carbocycles. The fourth-order valence-corrected chi connectivity index (χ4v) is 1.42. The van der Waals surface area contributed by atoms with Crippen LogP contribution in [0.1, 0.15) is 29.8 Å². The maximum atomic E-state index is 11.7. The molecule has 0 radical (unpaired) electrons. The summed E-state index contributed by atoms with van der Waals surface area (Å²) >= 11 is 5.84. The molecule has 1 aromatic rings. The van der Waals surface area contributed by atoms with Gasteiger partial charge in [-0.25, -0.2) is 4.79 Å². The van der Waals surface area contributed by atoms with Gasteiger partial charge in [-0.05, 0) is 32.4 Å². The molecule has 0 aliphatic heterocycles. The van der Waals surface area contributed by atoms with Crippen LogP contribution in [0, 0.1) is 17.0 Å². The lowest BCUT2D eigenvalue weighted by molar-refractivity contribution is -0.385. The van der Waals surface area contributed by atoms with Gasteiger partial charge in [-0.15, -0.1) is 0 Å². The Morgan fingerprint density at radius 3 is 2.53 bits per heavy atom. The van der Waals surface area contributed by atoms with E-state index in [1.54, 1.807) is 20.8 Å². The van der Waals surface area contributed by atoms with Crippen LogP contribution in [0.4, 0.5) is 5.69 Å². The van der Waals surface area contributed by atoms with Gasteiger partial charge in [0.1, 0.15) is 5.56 Å². The van der Waals surface area contributed by atoms with Crippen LogP contribution in [-0.2, 0) is 4.74 Å². The van der Waals surface area contributed by atoms with Gasteiger partial charge in [-0.1, -0.05) is 11.6 Å². The highest BCUT2D eigenvalue weighted by atomic mass is 35.5. The van der Waals surface area contributed by atoms with Crippen molar-refractivity contribution in [1.82, 2.24) is 0 Å². The first-order valence-corrected chi connectivity index (χ1v) is 5.36. The van der Waals surface area contributed by atoms with Crippen molar-refractivity contribution >= 4 is 23.3 Å². The molecule has 0 fully saturated rings. The van der Waals surface area contributed by atoms with E-state index in [0.29, 0.717) is 10.6 Å². The minimum absolute atomic E-state index is 0.126. The minimum Gasteiger partial charge on any atom is -0.459 e. The average molecular weight is 258 g/mol. The summed E-state index contributed by atoms with van der Waals surface area (Å²) in [6.07, 6.45) is -0.345. The van der Waals surface area contributed by atoms with Crippen LogP contribution >= 0.6 is 11.6 Å². The zero-order valence-electron chi connectivity index (χ0n) is 9.69. The second-order valence-electron chi connectivity index (χ2n) is 3.83. The number of nitro benzene ring substituents is 1. The van der Waals surface area contributed by atoms with Crippen molar-refractivity contribution in [2.24, 2.45) is 0 Å². The third kappa shape index (κ3) is 3.17. The molecule has 1 aromatic carbocycles. The summed E-state index contributed by atoms with van der Waals surface area (Å²) in [7, 11) is 0. The van der Waals surface area contributed by atoms with E-state index in [9.17, 15) is 14.9 Å². The van der Waals surface area contributed by atoms with Gasteiger partial charge in [-0.2, -0.15) is 0 Å². The largest absolute Gasteiger partial charge is 0.459 e. The molecule has 0 aliphatic rings. The fourth-order valence-electron chi connectivity index (χ4n) is 1.26. The Labute approximate surface area is 103 Å². The van der Waals surface area contributed by atoms with Crippen molar-refractivity contribution in [3.05, 3.63) is 38.4 Å². The predicted octanol–water partition coefficient (Wildman–Crippen LogP) is 3.12. The summed E-state index contributed by atoms with van der Waals surface area (Å²) in [5, 5.41) is 11.1. The molecule has 0 aromatic heterocycles. The number of benzene rings is 1. The number of halogens is 1. The van der Waals surface area contributed by atoms with Crippen LogP contribution in [0.15, 0.2) is 12.1 Å². The van der Waals surface area contributed by atoms with Crippen molar-refractivity contribution in [2.45, 2.75) is 26.9 Å². The molecule has 5 nitrogen and oxygen atoms in total. The van der Waals surface area contributed by atoms with E-state index >= 15 is 0 Å². The second-order valence-corrected chi connectivity index (χ2v) is 4.24. The van der Waals surface area contributed by atoms with E-state index in [4.69, 9.17) is 16.3 Å². The van der Waals surface area contributed by atoms with Gasteiger partial charge >= 0.3 is 5.97 Å². The standard InChI is InChI=1S/C11H12ClNO4/c1-6(2)17-11(14)8-5-9(12)7(3)4-10(8)13(15)16/h4-6H,1-3H3. The quantitative estimate of drug-likeness (QED) is 0.474. The number of hydrogen-bond donors (Lipinski definition) is 0. The summed E-state index contributed by atoms with van der Waals surface area (Å²) in [6, 6.07) is 2.53. The lowest BCUT2D eigenvalue weighted by Crippen LogP contribution is -2.13. The van der Waals surface area contributed by atoms with Crippen molar-refractivity contribution in [3.63, 3.8) is 0 Å². The molecule has 92 valence electrons. The van der Waals surface area contributed by atoms with Gasteiger partial charge in [-0.3, -0.25) is 10.1 Å². The topological polar surface area (TPSA) is 69.4 Å². The maximum Gasteiger partial charge on any atom is 0.345 e. The van der Waals surface area contributed by atoms with Crippen LogP contribution in [0.2, 0.25) is 5.02 Å². The fraction of sp³-hybridized carbons (Fsp3) is 0.364. The Bertz CT molecular complexity index is 471. The number of nitro groups is 1. The van der Waals surface area contributed by atoms with Gasteiger partial charge in [0.25, 0.3) is 5.69 Å². The van der Waals surface area contributed by atoms with Gasteiger partial charge in [0.15, 0.2) is 0 Å². The molecule has 0 saturated heterocycles. The molecule has 6 heteroatoms. The Morgan fingerprint density at radius 1 is 1.47 bits per heavy atom. The van der Waals surface area contributed by atoms with Crippen molar-refractivity contribution in [1.29, 1.82) is 0 Å². The Kier molecular flexibility index (Phi) is 4.07. The molecule has 0 atom stereocenters. The van der Waals surface area contributed by atoms with Gasteiger partial charge < -0.3 is 4.74 Å². The number of hydrogen-bond acceptors (Lipinski definition) is 4. The predicted molar refractivity (Wildman–Crippen MR) is 63.4 cm³/mol. The molecule has 0 heterocycles. The molecule has 0 aliphatic carbocycles. The van der Waals surface area contributed by atoms with Gasteiger partial charge in [0.2, 0.25) is 0 Å². The number of nitrogens with zero attached hydrogens (tertiary/aromatic N) is 1. The van der Waals surface area contributed by atoms with Crippen LogP contribution in [0.5, 0.6) is 0 Å². The van der Waals surface area contributed by atoms with E-state index in [1.807, 2.05) is 0 Å². The molecule has 0 unspecified atom stereocenters. The van der Waals surface area contributed by atoms with E-state index in [1.165, 1.54) is 12.1 Å². The molecule has 0 bridgehead atoms. The molecular formula is C11H12ClNO4. The Balaban J connectivity index is 3.26. The summed E-state index contributed by atoms with van der Waals surface area (Å²) < 4.78 is 4.92. The SMILES string of the molecule is Cc1cc([N+](=O)[O-])c(C(=O)OC(C)C)cc1Cl. The molecular weight excluding hydrogens is 246 g/mol. The lowest BCUT2D eigenvalue weighted by Gasteiger charge is -2.09. The molecule has 17 heavy (non-hydrogen) atoms. The average Bonchev–Trinajstić information content (AvgIpc) is 2.19. The Morgan fingerprint density at radius 2 is 2.06 bits per heavy atom. The maximum absolute atomic E-state index is 11.7. The number of rotatable bonds is 3. The summed E-state index contributed by atoms with van der Waals surface area (Å²) in [6.45, 7) is 4.96. The minimum atomic E-state index is -0.742. The van der Waals surface area contributed by atoms with Crippen LogP contribution in [0.3, 0.4) is 0 Å². The number of carbonyl (C=O) groups is 1. The highest BCUT2D eigenvalue weighted by Gasteiger charge is 2.23. The third-order valence-corrected chi connectivity index (χ3v) is 2.44. The zero-order valence-corrected chi connectivity index (χ0v) is 10.4. The van der Waals surface area contributed by atoms with Gasteiger partial charge in [0, 0.05) is 11.1 Å². The smallest absolute Gasteiger partial charge is 0.345 e. The first-order valence-electron chi connectivity index (χ1n) is 4.98. The second kappa shape index (κ2) is 5.14. The van der Waals surface area contributed by atoms with E-state index < -0.39 is 10.9 Å². The van der Waals surface area contributed by atoms with E-state index in [-0.39, 0.29) is 17.4 Å². The van der Waals surface area contributed by atoms with Crippen LogP contribution < -0.4 is 0 Å². The van der Waals surface area contributed by atoms with Gasteiger partial charge in [0.05, 0.1) is 11.0 Å². The Hall–Kier alpha value is -1.62. The first kappa shape index (κ1) is 13.4. The first-order chi connectivity index (χ1) is 7.82. The molecule has 0 N–H and O–H groups in total. The normalized spacial score (nSPS) is 10.4. The summed E-state index contributed by atoms with van der Waals surface area (Å²) in [4.78, 5) is 21.9. The van der Waals surface area contributed by atoms with Crippen molar-refractivity contribution < 1.29 is 14.5 Å². The van der Waals surface area contributed by atoms with Crippen molar-refractivity contribution in [2.75, 3.05) is 0 Å². The zero-order chi connectivity index (χ0) is 13.2. The number of ether oxygens (including phenoxy) is 1. The number of carbonyl (C=O) groups excluding carboxylic acids is 1. The molecule has 0 amide bonds. The van der Waals surface area contributed by atoms with Crippen LogP contribution in [-0.4, -0.2) is 17.0 Å². The van der Waals surface area contributed by atoms with E-state index in [0.717, 1.165) is 0 Å². The molecule has 1 rings (SSSR count). The molecule has 0 spiro atoms. The number of esters is 1. The highest BCUT2D eigenvalue weighted by molar-refractivity contribution is 6.31. The van der Waals surface area contributed by atoms with E-state index in [2.05, 4.69) is 0 Å². The van der Waals surface area contributed by atoms with Crippen LogP contribution in [0.25, 0.3) is 0 Å². The van der Waals surface area contributed by atoms with Crippen molar-refractivity contribution in [3.8, 4) is 0 Å².